The van der Waals surface area contributed by atoms with Crippen molar-refractivity contribution < 1.29 is 23.9 Å². The summed E-state index contributed by atoms with van der Waals surface area (Å²) in [5, 5.41) is 7.52. The number of amides is 2. The summed E-state index contributed by atoms with van der Waals surface area (Å²) < 4.78 is 10.8. The van der Waals surface area contributed by atoms with E-state index in [0.29, 0.717) is 17.7 Å². The van der Waals surface area contributed by atoms with Crippen LogP contribution in [-0.2, 0) is 19.1 Å². The van der Waals surface area contributed by atoms with E-state index in [0.717, 1.165) is 11.1 Å². The maximum absolute atomic E-state index is 13.2. The third-order valence-electron chi connectivity index (χ3n) is 6.52. The lowest BCUT2D eigenvalue weighted by atomic mass is 10.0. The van der Waals surface area contributed by atoms with Crippen molar-refractivity contribution in [3.05, 3.63) is 90.8 Å². The van der Waals surface area contributed by atoms with Crippen molar-refractivity contribution in [2.24, 2.45) is 11.7 Å². The van der Waals surface area contributed by atoms with Crippen molar-refractivity contribution in [1.82, 2.24) is 9.80 Å². The van der Waals surface area contributed by atoms with Crippen LogP contribution in [0.1, 0.15) is 18.4 Å². The minimum atomic E-state index is -0.568. The molecule has 1 fully saturated rings. The van der Waals surface area contributed by atoms with Crippen molar-refractivity contribution in [3.8, 4) is 16.9 Å². The lowest BCUT2D eigenvalue weighted by Crippen LogP contribution is -2.43. The zero-order valence-corrected chi connectivity index (χ0v) is 21.1. The number of hydrogen-bond acceptors (Lipinski definition) is 6. The normalized spacial score (nSPS) is 18.4. The van der Waals surface area contributed by atoms with Gasteiger partial charge in [0.05, 0.1) is 25.5 Å². The zero-order chi connectivity index (χ0) is 27.1. The number of nitrogen functional groups attached to an aromatic ring is 1. The van der Waals surface area contributed by atoms with E-state index in [4.69, 9.17) is 20.6 Å². The van der Waals surface area contributed by atoms with Crippen LogP contribution >= 0.6 is 0 Å². The van der Waals surface area contributed by atoms with Crippen LogP contribution in [-0.4, -0.2) is 59.7 Å². The molecule has 2 aliphatic rings. The SMILES string of the molecule is COC(=O)C[C@@H]1C[C@@H](COc2ccc(-c3ccc(C(=N)N)cc3)cc2)N(CC(=O)N2C=CC=CC=C2)C1=O. The van der Waals surface area contributed by atoms with Crippen LogP contribution < -0.4 is 10.5 Å². The van der Waals surface area contributed by atoms with Gasteiger partial charge in [-0.05, 0) is 41.8 Å². The van der Waals surface area contributed by atoms with Crippen molar-refractivity contribution in [3.63, 3.8) is 0 Å². The summed E-state index contributed by atoms with van der Waals surface area (Å²) in [7, 11) is 1.29. The Labute approximate surface area is 221 Å². The van der Waals surface area contributed by atoms with E-state index in [1.165, 1.54) is 16.9 Å². The number of carbonyl (C=O) groups is 3. The Morgan fingerprint density at radius 3 is 2.16 bits per heavy atom. The van der Waals surface area contributed by atoms with Gasteiger partial charge in [-0.1, -0.05) is 48.6 Å². The summed E-state index contributed by atoms with van der Waals surface area (Å²) in [5.41, 5.74) is 8.14. The second kappa shape index (κ2) is 12.1. The summed E-state index contributed by atoms with van der Waals surface area (Å²) in [5.74, 6) is -0.921. The molecule has 0 radical (unpaired) electrons. The molecule has 0 aliphatic carbocycles. The maximum atomic E-state index is 13.2. The first kappa shape index (κ1) is 26.4. The van der Waals surface area contributed by atoms with Gasteiger partial charge in [-0.25, -0.2) is 0 Å². The number of allylic oxidation sites excluding steroid dienone is 4. The highest BCUT2D eigenvalue weighted by atomic mass is 16.5. The standard InChI is InChI=1S/C29H30N4O5/c1-37-27(35)17-23-16-24(33(29(23)36)18-26(34)32-14-4-2-3-5-15-32)19-38-25-12-10-21(11-13-25)20-6-8-22(9-7-20)28(30)31/h2-15,23-24H,16-19H2,1H3,(H3,30,31)/t23-,24-/m0/s1. The second-order valence-corrected chi connectivity index (χ2v) is 9.03. The molecule has 3 N–H and O–H groups in total. The van der Waals surface area contributed by atoms with Crippen LogP contribution in [0.3, 0.4) is 0 Å². The fourth-order valence-corrected chi connectivity index (χ4v) is 4.43. The Kier molecular flexibility index (Phi) is 8.37. The number of likely N-dealkylation sites (tertiary alicyclic amines) is 1. The molecular formula is C29H30N4O5. The molecule has 9 nitrogen and oxygen atoms in total. The molecule has 0 bridgehead atoms. The lowest BCUT2D eigenvalue weighted by Gasteiger charge is -2.26. The number of nitrogens with zero attached hydrogens (tertiary/aromatic N) is 2. The number of rotatable bonds is 9. The summed E-state index contributed by atoms with van der Waals surface area (Å²) in [6.45, 7) is 0.0466. The molecule has 2 aromatic carbocycles. The number of hydrogen-bond donors (Lipinski definition) is 2. The lowest BCUT2D eigenvalue weighted by molar-refractivity contribution is -0.145. The van der Waals surface area contributed by atoms with E-state index in [1.807, 2.05) is 36.4 Å². The van der Waals surface area contributed by atoms with Crippen LogP contribution in [0.25, 0.3) is 11.1 Å². The van der Waals surface area contributed by atoms with Gasteiger partial charge in [0.1, 0.15) is 24.7 Å². The molecule has 2 atom stereocenters. The number of carbonyl (C=O) groups excluding carboxylic acids is 3. The number of benzene rings is 2. The molecular weight excluding hydrogens is 484 g/mol. The Hall–Kier alpha value is -4.66. The Balaban J connectivity index is 1.43. The summed E-state index contributed by atoms with van der Waals surface area (Å²) in [6.07, 6.45) is 10.7. The first-order chi connectivity index (χ1) is 18.4. The minimum Gasteiger partial charge on any atom is -0.491 e. The fraction of sp³-hybridized carbons (Fsp3) is 0.241. The van der Waals surface area contributed by atoms with Gasteiger partial charge < -0.3 is 20.1 Å². The van der Waals surface area contributed by atoms with Crippen molar-refractivity contribution in [2.45, 2.75) is 18.9 Å². The molecule has 2 aromatic rings. The van der Waals surface area contributed by atoms with Crippen LogP contribution in [0.5, 0.6) is 5.75 Å². The number of methoxy groups -OCH3 is 1. The Bertz CT molecular complexity index is 1270. The van der Waals surface area contributed by atoms with E-state index in [9.17, 15) is 14.4 Å². The second-order valence-electron chi connectivity index (χ2n) is 9.03. The number of ether oxygens (including phenoxy) is 2. The van der Waals surface area contributed by atoms with Crippen molar-refractivity contribution >= 4 is 23.6 Å². The van der Waals surface area contributed by atoms with E-state index in [-0.39, 0.29) is 43.3 Å². The Morgan fingerprint density at radius 2 is 1.58 bits per heavy atom. The highest BCUT2D eigenvalue weighted by Crippen LogP contribution is 2.29. The molecule has 9 heteroatoms. The van der Waals surface area contributed by atoms with E-state index < -0.39 is 11.9 Å². The van der Waals surface area contributed by atoms with Crippen LogP contribution in [0.4, 0.5) is 0 Å². The molecule has 0 saturated carbocycles. The zero-order valence-electron chi connectivity index (χ0n) is 21.1. The molecule has 38 heavy (non-hydrogen) atoms. The van der Waals surface area contributed by atoms with Gasteiger partial charge in [0, 0.05) is 18.0 Å². The molecule has 4 rings (SSSR count). The van der Waals surface area contributed by atoms with Crippen LogP contribution in [0, 0.1) is 11.3 Å². The smallest absolute Gasteiger partial charge is 0.306 e. The summed E-state index contributed by atoms with van der Waals surface area (Å²) in [6, 6.07) is 14.5. The molecule has 196 valence electrons. The average Bonchev–Trinajstić information content (AvgIpc) is 3.10. The largest absolute Gasteiger partial charge is 0.491 e. The summed E-state index contributed by atoms with van der Waals surface area (Å²) in [4.78, 5) is 40.9. The highest BCUT2D eigenvalue weighted by molar-refractivity contribution is 5.95. The third-order valence-corrected chi connectivity index (χ3v) is 6.52. The van der Waals surface area contributed by atoms with E-state index in [2.05, 4.69) is 0 Å². The van der Waals surface area contributed by atoms with Gasteiger partial charge in [-0.3, -0.25) is 24.7 Å². The molecule has 1 saturated heterocycles. The van der Waals surface area contributed by atoms with Crippen LogP contribution in [0.15, 0.2) is 85.2 Å². The van der Waals surface area contributed by atoms with Gasteiger partial charge >= 0.3 is 5.97 Å². The molecule has 2 aliphatic heterocycles. The quantitative estimate of drug-likeness (QED) is 0.301. The monoisotopic (exact) mass is 514 g/mol. The molecule has 0 unspecified atom stereocenters. The molecule has 0 spiro atoms. The maximum Gasteiger partial charge on any atom is 0.306 e. The Morgan fingerprint density at radius 1 is 0.974 bits per heavy atom. The van der Waals surface area contributed by atoms with Gasteiger partial charge in [0.25, 0.3) is 0 Å². The highest BCUT2D eigenvalue weighted by Gasteiger charge is 2.42. The topological polar surface area (TPSA) is 126 Å². The number of esters is 1. The van der Waals surface area contributed by atoms with Gasteiger partial charge in [0.15, 0.2) is 0 Å². The van der Waals surface area contributed by atoms with Gasteiger partial charge in [-0.2, -0.15) is 0 Å². The first-order valence-electron chi connectivity index (χ1n) is 12.2. The average molecular weight is 515 g/mol. The molecule has 2 heterocycles. The number of amidine groups is 1. The van der Waals surface area contributed by atoms with E-state index >= 15 is 0 Å². The predicted molar refractivity (Wildman–Crippen MR) is 143 cm³/mol. The summed E-state index contributed by atoms with van der Waals surface area (Å²) >= 11 is 0. The van der Waals surface area contributed by atoms with Gasteiger partial charge in [0.2, 0.25) is 11.8 Å². The van der Waals surface area contributed by atoms with Gasteiger partial charge in [-0.15, -0.1) is 0 Å². The molecule has 0 aromatic heterocycles. The van der Waals surface area contributed by atoms with Crippen LogP contribution in [0.2, 0.25) is 0 Å². The minimum absolute atomic E-state index is 0.0200. The number of nitrogens with two attached hydrogens (primary N) is 1. The molecule has 2 amide bonds. The first-order valence-corrected chi connectivity index (χ1v) is 12.2. The fourth-order valence-electron chi connectivity index (χ4n) is 4.43. The third kappa shape index (κ3) is 6.36. The van der Waals surface area contributed by atoms with Crippen molar-refractivity contribution in [1.29, 1.82) is 5.41 Å². The van der Waals surface area contributed by atoms with E-state index in [1.54, 1.807) is 48.8 Å². The predicted octanol–water partition coefficient (Wildman–Crippen LogP) is 3.22. The number of nitrogens with one attached hydrogen (secondary N) is 1. The van der Waals surface area contributed by atoms with Crippen molar-refractivity contribution in [2.75, 3.05) is 20.3 Å².